The number of thioether (sulfide) groups is 1. The van der Waals surface area contributed by atoms with Gasteiger partial charge in [0.2, 0.25) is 0 Å². The van der Waals surface area contributed by atoms with Crippen LogP contribution in [-0.2, 0) is 5.75 Å². The van der Waals surface area contributed by atoms with Crippen LogP contribution in [0.15, 0.2) is 30.3 Å². The Kier molecular flexibility index (Phi) is 6.40. The summed E-state index contributed by atoms with van der Waals surface area (Å²) in [5, 5.41) is 13.3. The van der Waals surface area contributed by atoms with E-state index in [0.29, 0.717) is 5.92 Å². The minimum absolute atomic E-state index is 0.00204. The normalized spacial score (nSPS) is 26.0. The van der Waals surface area contributed by atoms with Crippen molar-refractivity contribution >= 4 is 11.8 Å². The Morgan fingerprint density at radius 2 is 2.15 bits per heavy atom. The van der Waals surface area contributed by atoms with Gasteiger partial charge in [0, 0.05) is 11.3 Å². The maximum absolute atomic E-state index is 9.78. The fraction of sp³-hybridized carbons (Fsp3) is 0.647. The number of nitrogens with one attached hydrogen (secondary N) is 1. The minimum atomic E-state index is 0.00204. The zero-order chi connectivity index (χ0) is 14.3. The summed E-state index contributed by atoms with van der Waals surface area (Å²) < 4.78 is 0. The molecule has 0 aromatic heterocycles. The maximum Gasteiger partial charge on any atom is 0.0616 e. The Bertz CT molecular complexity index is 384. The molecule has 2 nitrogen and oxygen atoms in total. The molecule has 1 fully saturated rings. The zero-order valence-corrected chi connectivity index (χ0v) is 13.3. The SMILES string of the molecule is CCNC1(CO)CCCC1CCSCc1ccccc1. The van der Waals surface area contributed by atoms with Crippen LogP contribution in [0.1, 0.15) is 38.2 Å². The van der Waals surface area contributed by atoms with E-state index in [0.717, 1.165) is 18.7 Å². The molecule has 1 aliphatic rings. The summed E-state index contributed by atoms with van der Waals surface area (Å²) in [4.78, 5) is 0. The van der Waals surface area contributed by atoms with Gasteiger partial charge in [-0.1, -0.05) is 43.7 Å². The summed E-state index contributed by atoms with van der Waals surface area (Å²) in [5.41, 5.74) is 1.41. The third kappa shape index (κ3) is 4.00. The smallest absolute Gasteiger partial charge is 0.0616 e. The number of aliphatic hydroxyl groups is 1. The average Bonchev–Trinajstić information content (AvgIpc) is 2.88. The second kappa shape index (κ2) is 8.06. The van der Waals surface area contributed by atoms with E-state index in [1.165, 1.54) is 30.6 Å². The van der Waals surface area contributed by atoms with Gasteiger partial charge in [-0.15, -0.1) is 0 Å². The van der Waals surface area contributed by atoms with Crippen molar-refractivity contribution in [1.82, 2.24) is 5.32 Å². The van der Waals surface area contributed by atoms with E-state index in [1.807, 2.05) is 11.8 Å². The molecule has 112 valence electrons. The molecule has 2 atom stereocenters. The van der Waals surface area contributed by atoms with E-state index in [4.69, 9.17) is 0 Å². The highest BCUT2D eigenvalue weighted by Crippen LogP contribution is 2.38. The quantitative estimate of drug-likeness (QED) is 0.720. The van der Waals surface area contributed by atoms with Crippen LogP contribution in [0.25, 0.3) is 0 Å². The van der Waals surface area contributed by atoms with Gasteiger partial charge >= 0.3 is 0 Å². The molecular formula is C17H27NOS. The van der Waals surface area contributed by atoms with Gasteiger partial charge < -0.3 is 10.4 Å². The first-order valence-corrected chi connectivity index (χ1v) is 8.94. The molecule has 2 rings (SSSR count). The molecule has 0 saturated heterocycles. The molecular weight excluding hydrogens is 266 g/mol. The maximum atomic E-state index is 9.78. The predicted octanol–water partition coefficient (Wildman–Crippen LogP) is 3.45. The number of aliphatic hydroxyl groups excluding tert-OH is 1. The van der Waals surface area contributed by atoms with Crippen molar-refractivity contribution in [2.75, 3.05) is 18.9 Å². The van der Waals surface area contributed by atoms with Crippen molar-refractivity contribution in [2.24, 2.45) is 5.92 Å². The van der Waals surface area contributed by atoms with Gasteiger partial charge in [-0.25, -0.2) is 0 Å². The van der Waals surface area contributed by atoms with Crippen LogP contribution in [0.4, 0.5) is 0 Å². The van der Waals surface area contributed by atoms with E-state index in [-0.39, 0.29) is 12.1 Å². The largest absolute Gasteiger partial charge is 0.394 e. The second-order valence-electron chi connectivity index (χ2n) is 5.76. The molecule has 0 spiro atoms. The van der Waals surface area contributed by atoms with Crippen LogP contribution in [-0.4, -0.2) is 29.5 Å². The highest BCUT2D eigenvalue weighted by molar-refractivity contribution is 7.98. The molecule has 1 saturated carbocycles. The molecule has 0 radical (unpaired) electrons. The molecule has 1 aromatic rings. The lowest BCUT2D eigenvalue weighted by atomic mass is 9.86. The molecule has 2 N–H and O–H groups in total. The van der Waals surface area contributed by atoms with Gasteiger partial charge in [-0.05, 0) is 43.0 Å². The molecule has 3 heteroatoms. The Balaban J connectivity index is 1.75. The minimum Gasteiger partial charge on any atom is -0.394 e. The lowest BCUT2D eigenvalue weighted by molar-refractivity contribution is 0.124. The number of likely N-dealkylation sites (N-methyl/N-ethyl adjacent to an activating group) is 1. The van der Waals surface area contributed by atoms with E-state index in [9.17, 15) is 5.11 Å². The average molecular weight is 293 g/mol. The summed E-state index contributed by atoms with van der Waals surface area (Å²) >= 11 is 2.01. The second-order valence-corrected chi connectivity index (χ2v) is 6.87. The molecule has 0 heterocycles. The standard InChI is InChI=1S/C17H27NOS/c1-2-18-17(14-19)11-6-9-16(17)10-12-20-13-15-7-4-3-5-8-15/h3-5,7-8,16,18-19H,2,6,9-14H2,1H3. The van der Waals surface area contributed by atoms with Crippen molar-refractivity contribution < 1.29 is 5.11 Å². The summed E-state index contributed by atoms with van der Waals surface area (Å²) in [6.07, 6.45) is 4.86. The lowest BCUT2D eigenvalue weighted by Crippen LogP contribution is -2.51. The number of rotatable bonds is 8. The van der Waals surface area contributed by atoms with Crippen molar-refractivity contribution in [1.29, 1.82) is 0 Å². The monoisotopic (exact) mass is 293 g/mol. The van der Waals surface area contributed by atoms with Crippen LogP contribution in [0, 0.1) is 5.92 Å². The zero-order valence-electron chi connectivity index (χ0n) is 12.5. The first-order chi connectivity index (χ1) is 9.80. The van der Waals surface area contributed by atoms with Gasteiger partial charge in [0.05, 0.1) is 6.61 Å². The first kappa shape index (κ1) is 15.9. The van der Waals surface area contributed by atoms with E-state index in [2.05, 4.69) is 42.6 Å². The van der Waals surface area contributed by atoms with Crippen LogP contribution in [0.5, 0.6) is 0 Å². The third-order valence-electron chi connectivity index (χ3n) is 4.49. The fourth-order valence-electron chi connectivity index (χ4n) is 3.40. The van der Waals surface area contributed by atoms with Crippen molar-refractivity contribution in [2.45, 2.75) is 43.9 Å². The first-order valence-electron chi connectivity index (χ1n) is 7.78. The van der Waals surface area contributed by atoms with Gasteiger partial charge in [0.1, 0.15) is 0 Å². The van der Waals surface area contributed by atoms with Crippen LogP contribution in [0.2, 0.25) is 0 Å². The van der Waals surface area contributed by atoms with Crippen molar-refractivity contribution in [3.8, 4) is 0 Å². The van der Waals surface area contributed by atoms with Gasteiger partial charge in [0.25, 0.3) is 0 Å². The molecule has 20 heavy (non-hydrogen) atoms. The highest BCUT2D eigenvalue weighted by Gasteiger charge is 2.40. The third-order valence-corrected chi connectivity index (χ3v) is 5.55. The van der Waals surface area contributed by atoms with Crippen LogP contribution < -0.4 is 5.32 Å². The Hall–Kier alpha value is -0.510. The van der Waals surface area contributed by atoms with E-state index >= 15 is 0 Å². The molecule has 1 aliphatic carbocycles. The summed E-state index contributed by atoms with van der Waals surface area (Å²) in [6, 6.07) is 10.7. The molecule has 0 amide bonds. The Morgan fingerprint density at radius 3 is 2.85 bits per heavy atom. The van der Waals surface area contributed by atoms with E-state index < -0.39 is 0 Å². The van der Waals surface area contributed by atoms with Gasteiger partial charge in [-0.3, -0.25) is 0 Å². The topological polar surface area (TPSA) is 32.3 Å². The van der Waals surface area contributed by atoms with E-state index in [1.54, 1.807) is 0 Å². The summed E-state index contributed by atoms with van der Waals surface area (Å²) in [5.74, 6) is 2.92. The number of hydrogen-bond acceptors (Lipinski definition) is 3. The lowest BCUT2D eigenvalue weighted by Gasteiger charge is -2.35. The van der Waals surface area contributed by atoms with Crippen molar-refractivity contribution in [3.63, 3.8) is 0 Å². The molecule has 1 aromatic carbocycles. The number of benzene rings is 1. The van der Waals surface area contributed by atoms with Crippen LogP contribution in [0.3, 0.4) is 0 Å². The predicted molar refractivity (Wildman–Crippen MR) is 88.1 cm³/mol. The van der Waals surface area contributed by atoms with Gasteiger partial charge in [0.15, 0.2) is 0 Å². The summed E-state index contributed by atoms with van der Waals surface area (Å²) in [7, 11) is 0. The summed E-state index contributed by atoms with van der Waals surface area (Å²) in [6.45, 7) is 3.38. The molecule has 0 aliphatic heterocycles. The molecule has 0 bridgehead atoms. The molecule has 2 unspecified atom stereocenters. The van der Waals surface area contributed by atoms with Crippen LogP contribution >= 0.6 is 11.8 Å². The van der Waals surface area contributed by atoms with Gasteiger partial charge in [-0.2, -0.15) is 11.8 Å². The number of hydrogen-bond donors (Lipinski definition) is 2. The fourth-order valence-corrected chi connectivity index (χ4v) is 4.43. The van der Waals surface area contributed by atoms with Crippen molar-refractivity contribution in [3.05, 3.63) is 35.9 Å². The Labute approximate surface area is 127 Å². The highest BCUT2D eigenvalue weighted by atomic mass is 32.2. The Morgan fingerprint density at radius 1 is 1.35 bits per heavy atom.